The summed E-state index contributed by atoms with van der Waals surface area (Å²) in [6, 6.07) is 5.93. The average Bonchev–Trinajstić information content (AvgIpc) is 3.22. The lowest BCUT2D eigenvalue weighted by Crippen LogP contribution is -2.40. The van der Waals surface area contributed by atoms with Crippen LogP contribution in [0, 0.1) is 5.92 Å². The molecule has 1 heterocycles. The van der Waals surface area contributed by atoms with Crippen LogP contribution in [-0.2, 0) is 29.1 Å². The van der Waals surface area contributed by atoms with Gasteiger partial charge in [0.2, 0.25) is 10.0 Å². The average molecular weight is 423 g/mol. The van der Waals surface area contributed by atoms with Crippen molar-refractivity contribution in [2.24, 2.45) is 5.92 Å². The van der Waals surface area contributed by atoms with Gasteiger partial charge in [0, 0.05) is 18.8 Å². The van der Waals surface area contributed by atoms with Gasteiger partial charge < -0.3 is 14.8 Å². The Bertz CT molecular complexity index is 859. The summed E-state index contributed by atoms with van der Waals surface area (Å²) in [6.45, 7) is 2.90. The Morgan fingerprint density at radius 2 is 1.93 bits per heavy atom. The standard InChI is InChI=1S/C20H26N2O6S/c1-15(28-19(23)14-16-4-2-3-5-16)20(24)21-17-6-8-18(9-7-17)29(25,26)22-10-12-27-13-11-22/h2,4,6-9,15-16H,3,5,10-14H2,1H3,(H,21,24)/t15-,16+/m1/s1. The Balaban J connectivity index is 1.53. The molecule has 2 aliphatic rings. The number of sulfonamides is 1. The minimum absolute atomic E-state index is 0.154. The van der Waals surface area contributed by atoms with Gasteiger partial charge in [-0.1, -0.05) is 12.2 Å². The molecule has 3 rings (SSSR count). The van der Waals surface area contributed by atoms with E-state index in [9.17, 15) is 18.0 Å². The predicted molar refractivity (Wildman–Crippen MR) is 107 cm³/mol. The quantitative estimate of drug-likeness (QED) is 0.532. The summed E-state index contributed by atoms with van der Waals surface area (Å²) in [6.07, 6.45) is 5.25. The minimum atomic E-state index is -3.59. The van der Waals surface area contributed by atoms with Crippen LogP contribution in [0.1, 0.15) is 26.2 Å². The van der Waals surface area contributed by atoms with Crippen LogP contribution in [0.3, 0.4) is 0 Å². The van der Waals surface area contributed by atoms with Crippen molar-refractivity contribution >= 4 is 27.6 Å². The number of benzene rings is 1. The molecule has 29 heavy (non-hydrogen) atoms. The molecule has 0 unspecified atom stereocenters. The lowest BCUT2D eigenvalue weighted by Gasteiger charge is -2.26. The van der Waals surface area contributed by atoms with Crippen molar-refractivity contribution in [2.75, 3.05) is 31.6 Å². The number of hydrogen-bond donors (Lipinski definition) is 1. The minimum Gasteiger partial charge on any atom is -0.453 e. The monoisotopic (exact) mass is 422 g/mol. The first kappa shape index (κ1) is 21.5. The maximum Gasteiger partial charge on any atom is 0.307 e. The van der Waals surface area contributed by atoms with Crippen molar-refractivity contribution in [2.45, 2.75) is 37.2 Å². The maximum atomic E-state index is 12.6. The topological polar surface area (TPSA) is 102 Å². The molecule has 1 N–H and O–H groups in total. The fraction of sp³-hybridized carbons (Fsp3) is 0.500. The lowest BCUT2D eigenvalue weighted by molar-refractivity contribution is -0.153. The Morgan fingerprint density at radius 3 is 2.55 bits per heavy atom. The van der Waals surface area contributed by atoms with E-state index in [-0.39, 0.29) is 17.2 Å². The van der Waals surface area contributed by atoms with Crippen LogP contribution in [0.5, 0.6) is 0 Å². The molecule has 8 nitrogen and oxygen atoms in total. The van der Waals surface area contributed by atoms with Gasteiger partial charge in [-0.25, -0.2) is 8.42 Å². The smallest absolute Gasteiger partial charge is 0.307 e. The highest BCUT2D eigenvalue weighted by Crippen LogP contribution is 2.22. The van der Waals surface area contributed by atoms with Crippen molar-refractivity contribution in [3.8, 4) is 0 Å². The van der Waals surface area contributed by atoms with Gasteiger partial charge in [-0.15, -0.1) is 0 Å². The van der Waals surface area contributed by atoms with E-state index in [0.29, 0.717) is 32.0 Å². The van der Waals surface area contributed by atoms with Gasteiger partial charge >= 0.3 is 5.97 Å². The second-order valence-corrected chi connectivity index (χ2v) is 9.07. The van der Waals surface area contributed by atoms with Crippen LogP contribution in [-0.4, -0.2) is 57.0 Å². The third-order valence-corrected chi connectivity index (χ3v) is 6.86. The normalized spacial score (nSPS) is 20.9. The molecular weight excluding hydrogens is 396 g/mol. The number of amides is 1. The number of esters is 1. The fourth-order valence-corrected chi connectivity index (χ4v) is 4.68. The molecule has 1 aliphatic heterocycles. The Labute approximate surface area is 170 Å². The number of anilines is 1. The Morgan fingerprint density at radius 1 is 1.24 bits per heavy atom. The number of nitrogens with zero attached hydrogens (tertiary/aromatic N) is 1. The number of morpholine rings is 1. The summed E-state index contributed by atoms with van der Waals surface area (Å²) in [7, 11) is -3.59. The number of carbonyl (C=O) groups is 2. The second-order valence-electron chi connectivity index (χ2n) is 7.13. The number of rotatable bonds is 7. The number of hydrogen-bond acceptors (Lipinski definition) is 6. The van der Waals surface area contributed by atoms with E-state index in [1.54, 1.807) is 0 Å². The molecule has 158 valence electrons. The van der Waals surface area contributed by atoms with Crippen molar-refractivity contribution in [1.29, 1.82) is 0 Å². The van der Waals surface area contributed by atoms with Crippen molar-refractivity contribution in [3.05, 3.63) is 36.4 Å². The summed E-state index contributed by atoms with van der Waals surface area (Å²) in [5.41, 5.74) is 0.428. The molecule has 1 amide bonds. The molecule has 1 aromatic carbocycles. The summed E-state index contributed by atoms with van der Waals surface area (Å²) < 4.78 is 37.0. The molecule has 1 saturated heterocycles. The number of carbonyl (C=O) groups excluding carboxylic acids is 2. The Hall–Kier alpha value is -2.23. The van der Waals surface area contributed by atoms with E-state index in [1.807, 2.05) is 12.2 Å². The summed E-state index contributed by atoms with van der Waals surface area (Å²) in [4.78, 5) is 24.4. The molecule has 0 bridgehead atoms. The molecule has 1 aliphatic carbocycles. The van der Waals surface area contributed by atoms with E-state index in [0.717, 1.165) is 12.8 Å². The van der Waals surface area contributed by atoms with Crippen molar-refractivity contribution < 1.29 is 27.5 Å². The van der Waals surface area contributed by atoms with Gasteiger partial charge in [0.05, 0.1) is 24.5 Å². The molecule has 1 fully saturated rings. The zero-order valence-corrected chi connectivity index (χ0v) is 17.2. The molecule has 2 atom stereocenters. The molecular formula is C20H26N2O6S. The molecule has 9 heteroatoms. The third kappa shape index (κ3) is 5.65. The summed E-state index contributed by atoms with van der Waals surface area (Å²) in [5.74, 6) is -0.695. The van der Waals surface area contributed by atoms with E-state index in [2.05, 4.69) is 5.32 Å². The van der Waals surface area contributed by atoms with E-state index in [4.69, 9.17) is 9.47 Å². The summed E-state index contributed by atoms with van der Waals surface area (Å²) >= 11 is 0. The third-order valence-electron chi connectivity index (χ3n) is 4.95. The highest BCUT2D eigenvalue weighted by atomic mass is 32.2. The van der Waals surface area contributed by atoms with Crippen LogP contribution in [0.2, 0.25) is 0 Å². The first-order chi connectivity index (χ1) is 13.9. The zero-order chi connectivity index (χ0) is 20.9. The Kier molecular flexibility index (Phi) is 7.05. The van der Waals surface area contributed by atoms with Crippen LogP contribution >= 0.6 is 0 Å². The van der Waals surface area contributed by atoms with Gasteiger partial charge in [-0.3, -0.25) is 9.59 Å². The largest absolute Gasteiger partial charge is 0.453 e. The van der Waals surface area contributed by atoms with Crippen LogP contribution in [0.25, 0.3) is 0 Å². The van der Waals surface area contributed by atoms with E-state index >= 15 is 0 Å². The number of ether oxygens (including phenoxy) is 2. The maximum absolute atomic E-state index is 12.6. The summed E-state index contributed by atoms with van der Waals surface area (Å²) in [5, 5.41) is 2.64. The predicted octanol–water partition coefficient (Wildman–Crippen LogP) is 1.93. The van der Waals surface area contributed by atoms with Crippen LogP contribution in [0.4, 0.5) is 5.69 Å². The van der Waals surface area contributed by atoms with Gasteiger partial charge in [-0.05, 0) is 49.9 Å². The second kappa shape index (κ2) is 9.51. The molecule has 1 aromatic rings. The number of allylic oxidation sites excluding steroid dienone is 2. The highest BCUT2D eigenvalue weighted by Gasteiger charge is 2.26. The molecule has 0 spiro atoms. The van der Waals surface area contributed by atoms with Crippen LogP contribution in [0.15, 0.2) is 41.3 Å². The molecule has 0 radical (unpaired) electrons. The van der Waals surface area contributed by atoms with Gasteiger partial charge in [0.15, 0.2) is 6.10 Å². The highest BCUT2D eigenvalue weighted by molar-refractivity contribution is 7.89. The van der Waals surface area contributed by atoms with Gasteiger partial charge in [0.25, 0.3) is 5.91 Å². The van der Waals surface area contributed by atoms with E-state index < -0.39 is 28.0 Å². The SMILES string of the molecule is C[C@@H](OC(=O)C[C@H]1C=CCC1)C(=O)Nc1ccc(S(=O)(=O)N2CCOCC2)cc1. The van der Waals surface area contributed by atoms with Crippen LogP contribution < -0.4 is 5.32 Å². The molecule has 0 aromatic heterocycles. The van der Waals surface area contributed by atoms with E-state index in [1.165, 1.54) is 35.5 Å². The molecule has 0 saturated carbocycles. The van der Waals surface area contributed by atoms with Gasteiger partial charge in [-0.2, -0.15) is 4.31 Å². The van der Waals surface area contributed by atoms with Gasteiger partial charge in [0.1, 0.15) is 0 Å². The first-order valence-electron chi connectivity index (χ1n) is 9.71. The lowest BCUT2D eigenvalue weighted by atomic mass is 10.1. The van der Waals surface area contributed by atoms with Crippen molar-refractivity contribution in [1.82, 2.24) is 4.31 Å². The first-order valence-corrected chi connectivity index (χ1v) is 11.2. The fourth-order valence-electron chi connectivity index (χ4n) is 3.27. The number of nitrogens with one attached hydrogen (secondary N) is 1. The zero-order valence-electron chi connectivity index (χ0n) is 16.4. The van der Waals surface area contributed by atoms with Crippen molar-refractivity contribution in [3.63, 3.8) is 0 Å².